The molecule has 0 fully saturated rings. The van der Waals surface area contributed by atoms with E-state index in [9.17, 15) is 4.79 Å². The number of ether oxygens (including phenoxy) is 1. The first-order valence-electron chi connectivity index (χ1n) is 5.87. The van der Waals surface area contributed by atoms with Crippen LogP contribution in [-0.2, 0) is 17.7 Å². The molecule has 1 atom stereocenters. The predicted octanol–water partition coefficient (Wildman–Crippen LogP) is 1.95. The van der Waals surface area contributed by atoms with Crippen LogP contribution in [0.3, 0.4) is 0 Å². The van der Waals surface area contributed by atoms with Crippen LogP contribution in [0.2, 0.25) is 0 Å². The van der Waals surface area contributed by atoms with E-state index in [-0.39, 0.29) is 12.1 Å². The van der Waals surface area contributed by atoms with Gasteiger partial charge in [-0.3, -0.25) is 0 Å². The van der Waals surface area contributed by atoms with Gasteiger partial charge < -0.3 is 10.1 Å². The monoisotopic (exact) mass is 217 g/mol. The second kappa shape index (κ2) is 3.59. The number of fused-ring (bicyclic) bond motifs is 2. The van der Waals surface area contributed by atoms with E-state index >= 15 is 0 Å². The van der Waals surface area contributed by atoms with Crippen molar-refractivity contribution in [2.24, 2.45) is 0 Å². The fourth-order valence-corrected chi connectivity index (χ4v) is 2.55. The summed E-state index contributed by atoms with van der Waals surface area (Å²) in [6.07, 6.45) is 1.88. The zero-order valence-electron chi connectivity index (χ0n) is 9.38. The Morgan fingerprint density at radius 2 is 2.31 bits per heavy atom. The standard InChI is InChI=1S/C13H15NO2/c1-2-12-10-5-8-3-4-14-7-9(8)6-11(10)13(15)16-12/h5-6,12,14H,2-4,7H2,1H3. The Kier molecular flexibility index (Phi) is 2.21. The minimum atomic E-state index is -0.157. The van der Waals surface area contributed by atoms with Gasteiger partial charge in [-0.15, -0.1) is 0 Å². The number of benzene rings is 1. The minimum Gasteiger partial charge on any atom is -0.454 e. The van der Waals surface area contributed by atoms with Crippen molar-refractivity contribution in [3.8, 4) is 0 Å². The molecule has 0 aromatic heterocycles. The molecule has 2 aliphatic heterocycles. The molecule has 0 radical (unpaired) electrons. The van der Waals surface area contributed by atoms with Crippen LogP contribution in [0, 0.1) is 0 Å². The average molecular weight is 217 g/mol. The number of hydrogen-bond donors (Lipinski definition) is 1. The predicted molar refractivity (Wildman–Crippen MR) is 60.3 cm³/mol. The van der Waals surface area contributed by atoms with Gasteiger partial charge in [0.1, 0.15) is 6.10 Å². The topological polar surface area (TPSA) is 38.3 Å². The quantitative estimate of drug-likeness (QED) is 0.731. The highest BCUT2D eigenvalue weighted by Gasteiger charge is 2.31. The number of carbonyl (C=O) groups is 1. The molecule has 0 saturated carbocycles. The minimum absolute atomic E-state index is 0.0253. The molecule has 1 unspecified atom stereocenters. The molecule has 2 aliphatic rings. The summed E-state index contributed by atoms with van der Waals surface area (Å²) in [5.41, 5.74) is 4.48. The summed E-state index contributed by atoms with van der Waals surface area (Å²) >= 11 is 0. The van der Waals surface area contributed by atoms with Crippen molar-refractivity contribution in [3.05, 3.63) is 34.4 Å². The molecule has 1 N–H and O–H groups in total. The second-order valence-electron chi connectivity index (χ2n) is 4.44. The van der Waals surface area contributed by atoms with Crippen LogP contribution in [0.4, 0.5) is 0 Å². The third kappa shape index (κ3) is 1.35. The summed E-state index contributed by atoms with van der Waals surface area (Å²) < 4.78 is 5.34. The van der Waals surface area contributed by atoms with E-state index < -0.39 is 0 Å². The number of carbonyl (C=O) groups excluding carboxylic acids is 1. The number of esters is 1. The van der Waals surface area contributed by atoms with Gasteiger partial charge >= 0.3 is 5.97 Å². The normalized spacial score (nSPS) is 22.6. The lowest BCUT2D eigenvalue weighted by Crippen LogP contribution is -2.24. The lowest BCUT2D eigenvalue weighted by Gasteiger charge is -2.18. The van der Waals surface area contributed by atoms with Crippen molar-refractivity contribution in [2.75, 3.05) is 6.54 Å². The highest BCUT2D eigenvalue weighted by Crippen LogP contribution is 2.35. The maximum Gasteiger partial charge on any atom is 0.339 e. The smallest absolute Gasteiger partial charge is 0.339 e. The van der Waals surface area contributed by atoms with Gasteiger partial charge in [-0.2, -0.15) is 0 Å². The highest BCUT2D eigenvalue weighted by atomic mass is 16.5. The van der Waals surface area contributed by atoms with E-state index in [0.29, 0.717) is 0 Å². The van der Waals surface area contributed by atoms with Gasteiger partial charge in [-0.1, -0.05) is 13.0 Å². The van der Waals surface area contributed by atoms with Gasteiger partial charge in [0, 0.05) is 12.1 Å². The Balaban J connectivity index is 2.12. The van der Waals surface area contributed by atoms with E-state index in [0.717, 1.165) is 37.1 Å². The van der Waals surface area contributed by atoms with Crippen LogP contribution >= 0.6 is 0 Å². The van der Waals surface area contributed by atoms with Gasteiger partial charge in [0.25, 0.3) is 0 Å². The molecule has 0 spiro atoms. The zero-order chi connectivity index (χ0) is 11.1. The molecule has 3 nitrogen and oxygen atoms in total. The van der Waals surface area contributed by atoms with E-state index in [1.54, 1.807) is 0 Å². The number of rotatable bonds is 1. The molecule has 84 valence electrons. The van der Waals surface area contributed by atoms with Crippen molar-refractivity contribution in [3.63, 3.8) is 0 Å². The van der Waals surface area contributed by atoms with Gasteiger partial charge in [-0.05, 0) is 36.6 Å². The Morgan fingerprint density at radius 3 is 3.12 bits per heavy atom. The van der Waals surface area contributed by atoms with E-state index in [1.807, 2.05) is 13.0 Å². The van der Waals surface area contributed by atoms with Gasteiger partial charge in [0.2, 0.25) is 0 Å². The van der Waals surface area contributed by atoms with Gasteiger partial charge in [-0.25, -0.2) is 4.79 Å². The average Bonchev–Trinajstić information content (AvgIpc) is 2.63. The molecule has 0 amide bonds. The Hall–Kier alpha value is -1.35. The van der Waals surface area contributed by atoms with Crippen LogP contribution in [-0.4, -0.2) is 12.5 Å². The molecule has 0 bridgehead atoms. The third-order valence-electron chi connectivity index (χ3n) is 3.45. The molecule has 16 heavy (non-hydrogen) atoms. The van der Waals surface area contributed by atoms with Gasteiger partial charge in [0.15, 0.2) is 0 Å². The van der Waals surface area contributed by atoms with Crippen molar-refractivity contribution in [1.82, 2.24) is 5.32 Å². The van der Waals surface area contributed by atoms with Crippen molar-refractivity contribution in [1.29, 1.82) is 0 Å². The van der Waals surface area contributed by atoms with E-state index in [1.165, 1.54) is 11.1 Å². The molecular formula is C13H15NO2. The summed E-state index contributed by atoms with van der Waals surface area (Å²) in [6, 6.07) is 4.18. The molecule has 3 rings (SSSR count). The lowest BCUT2D eigenvalue weighted by molar-refractivity contribution is 0.0378. The Morgan fingerprint density at radius 1 is 1.44 bits per heavy atom. The Bertz CT molecular complexity index is 453. The molecular weight excluding hydrogens is 202 g/mol. The Labute approximate surface area is 94.8 Å². The van der Waals surface area contributed by atoms with Crippen LogP contribution in [0.5, 0.6) is 0 Å². The second-order valence-corrected chi connectivity index (χ2v) is 4.44. The SMILES string of the molecule is CCC1OC(=O)c2cc3c(cc21)CCNC3. The van der Waals surface area contributed by atoms with Crippen LogP contribution in [0.15, 0.2) is 12.1 Å². The number of nitrogens with one attached hydrogen (secondary N) is 1. The first-order chi connectivity index (χ1) is 7.79. The van der Waals surface area contributed by atoms with Gasteiger partial charge in [0.05, 0.1) is 5.56 Å². The maximum atomic E-state index is 11.7. The summed E-state index contributed by atoms with van der Waals surface area (Å²) in [6.45, 7) is 3.94. The maximum absolute atomic E-state index is 11.7. The first-order valence-corrected chi connectivity index (χ1v) is 5.87. The number of cyclic esters (lactones) is 1. The fraction of sp³-hybridized carbons (Fsp3) is 0.462. The van der Waals surface area contributed by atoms with Crippen LogP contribution in [0.1, 0.15) is 46.5 Å². The number of hydrogen-bond acceptors (Lipinski definition) is 3. The van der Waals surface area contributed by atoms with E-state index in [2.05, 4.69) is 11.4 Å². The highest BCUT2D eigenvalue weighted by molar-refractivity contribution is 5.94. The fourth-order valence-electron chi connectivity index (χ4n) is 2.55. The zero-order valence-corrected chi connectivity index (χ0v) is 9.38. The van der Waals surface area contributed by atoms with Crippen LogP contribution < -0.4 is 5.32 Å². The molecule has 1 aromatic rings. The molecule has 3 heteroatoms. The molecule has 1 aromatic carbocycles. The summed E-state index contributed by atoms with van der Waals surface area (Å²) in [5.74, 6) is -0.157. The third-order valence-corrected chi connectivity index (χ3v) is 3.45. The van der Waals surface area contributed by atoms with Crippen molar-refractivity contribution < 1.29 is 9.53 Å². The van der Waals surface area contributed by atoms with Crippen LogP contribution in [0.25, 0.3) is 0 Å². The molecule has 2 heterocycles. The lowest BCUT2D eigenvalue weighted by atomic mass is 9.93. The van der Waals surface area contributed by atoms with Crippen molar-refractivity contribution in [2.45, 2.75) is 32.4 Å². The van der Waals surface area contributed by atoms with E-state index in [4.69, 9.17) is 4.74 Å². The summed E-state index contributed by atoms with van der Waals surface area (Å²) in [7, 11) is 0. The largest absolute Gasteiger partial charge is 0.454 e. The molecule has 0 aliphatic carbocycles. The first kappa shape index (κ1) is 9.85. The summed E-state index contributed by atoms with van der Waals surface area (Å²) in [5, 5.41) is 3.32. The molecule has 0 saturated heterocycles. The summed E-state index contributed by atoms with van der Waals surface area (Å²) in [4.78, 5) is 11.7. The van der Waals surface area contributed by atoms with Crippen molar-refractivity contribution >= 4 is 5.97 Å².